The highest BCUT2D eigenvalue weighted by Crippen LogP contribution is 2.44. The maximum absolute atomic E-state index is 14.1. The molecule has 0 heterocycles. The van der Waals surface area contributed by atoms with Crippen molar-refractivity contribution >= 4 is 47.7 Å². The van der Waals surface area contributed by atoms with E-state index in [-0.39, 0.29) is 25.4 Å². The minimum atomic E-state index is -1.71. The largest absolute Gasteiger partial charge is 0.480 e. The molecule has 0 spiro atoms. The predicted molar refractivity (Wildman–Crippen MR) is 226 cm³/mol. The van der Waals surface area contributed by atoms with E-state index in [4.69, 9.17) is 18.9 Å². The van der Waals surface area contributed by atoms with Crippen molar-refractivity contribution in [3.63, 3.8) is 0 Å². The highest BCUT2D eigenvalue weighted by molar-refractivity contribution is 5.96. The Morgan fingerprint density at radius 3 is 1.48 bits per heavy atom. The van der Waals surface area contributed by atoms with Crippen LogP contribution in [0.15, 0.2) is 48.5 Å². The van der Waals surface area contributed by atoms with E-state index in [1.165, 1.54) is 0 Å². The summed E-state index contributed by atoms with van der Waals surface area (Å²) < 4.78 is 21.7. The van der Waals surface area contributed by atoms with E-state index < -0.39 is 107 Å². The Balaban J connectivity index is 1.86. The van der Waals surface area contributed by atoms with Gasteiger partial charge in [0.1, 0.15) is 47.6 Å². The minimum absolute atomic E-state index is 0.110. The first-order valence-corrected chi connectivity index (χ1v) is 20.5. The van der Waals surface area contributed by atoms with Crippen molar-refractivity contribution in [2.45, 2.75) is 149 Å². The molecule has 2 aromatic carbocycles. The average Bonchev–Trinajstić information content (AvgIpc) is 3.44. The van der Waals surface area contributed by atoms with Crippen molar-refractivity contribution in [1.29, 1.82) is 0 Å². The van der Waals surface area contributed by atoms with E-state index in [0.29, 0.717) is 0 Å². The Labute approximate surface area is 362 Å². The van der Waals surface area contributed by atoms with Crippen LogP contribution in [0.1, 0.15) is 119 Å². The number of fused-ring (bicyclic) bond motifs is 3. The van der Waals surface area contributed by atoms with Gasteiger partial charge in [-0.2, -0.15) is 0 Å². The van der Waals surface area contributed by atoms with Gasteiger partial charge in [0, 0.05) is 12.3 Å². The highest BCUT2D eigenvalue weighted by Gasteiger charge is 2.36. The van der Waals surface area contributed by atoms with Crippen molar-refractivity contribution in [1.82, 2.24) is 21.3 Å². The number of nitrogens with one attached hydrogen (secondary N) is 4. The molecule has 340 valence electrons. The van der Waals surface area contributed by atoms with Gasteiger partial charge >= 0.3 is 30.0 Å². The SMILES string of the molecule is CC(C)[C@H](NC(=O)[C@H](CCC(=O)OC(C)(C)C)NC(=O)[C@@H](CC(=O)OC(C)(C)C)NC(=O)OCC1c2ccccc2-c2ccccc21)C(=O)N[C@H](CC(=O)OC(C)(C)C)C(=O)O. The van der Waals surface area contributed by atoms with Crippen LogP contribution in [0.2, 0.25) is 0 Å². The molecule has 3 rings (SSSR count). The molecule has 0 saturated carbocycles. The van der Waals surface area contributed by atoms with Crippen LogP contribution in [-0.2, 0) is 52.5 Å². The fraction of sp³-hybridized carbons (Fsp3) is 0.556. The lowest BCUT2D eigenvalue weighted by molar-refractivity contribution is -0.159. The molecular weight excluding hydrogens is 805 g/mol. The van der Waals surface area contributed by atoms with Gasteiger partial charge < -0.3 is 45.3 Å². The lowest BCUT2D eigenvalue weighted by Crippen LogP contribution is -2.59. The molecule has 1 aliphatic rings. The average molecular weight is 867 g/mol. The second-order valence-corrected chi connectivity index (χ2v) is 18.4. The molecule has 4 amide bonds. The molecule has 17 nitrogen and oxygen atoms in total. The summed E-state index contributed by atoms with van der Waals surface area (Å²) in [6, 6.07) is 9.07. The Bertz CT molecular complexity index is 1930. The molecule has 62 heavy (non-hydrogen) atoms. The van der Waals surface area contributed by atoms with Gasteiger partial charge in [-0.1, -0.05) is 62.4 Å². The summed E-state index contributed by atoms with van der Waals surface area (Å²) in [5.74, 6) is -7.91. The lowest BCUT2D eigenvalue weighted by atomic mass is 9.98. The number of ether oxygens (including phenoxy) is 4. The summed E-state index contributed by atoms with van der Waals surface area (Å²) in [5.41, 5.74) is 1.11. The first-order chi connectivity index (χ1) is 28.6. The van der Waals surface area contributed by atoms with Crippen LogP contribution in [-0.4, -0.2) is 100 Å². The third-order valence-corrected chi connectivity index (χ3v) is 9.09. The molecule has 0 saturated heterocycles. The summed E-state index contributed by atoms with van der Waals surface area (Å²) >= 11 is 0. The number of carboxylic acids is 1. The van der Waals surface area contributed by atoms with Crippen molar-refractivity contribution < 1.29 is 62.4 Å². The molecular formula is C45H62N4O13. The first-order valence-electron chi connectivity index (χ1n) is 20.5. The molecule has 0 unspecified atom stereocenters. The van der Waals surface area contributed by atoms with Crippen molar-refractivity contribution in [2.75, 3.05) is 6.61 Å². The summed E-state index contributed by atoms with van der Waals surface area (Å²) in [4.78, 5) is 105. The van der Waals surface area contributed by atoms with Gasteiger partial charge in [0.2, 0.25) is 17.7 Å². The smallest absolute Gasteiger partial charge is 0.407 e. The number of alkyl carbamates (subject to hydrolysis) is 1. The van der Waals surface area contributed by atoms with Crippen LogP contribution >= 0.6 is 0 Å². The first kappa shape index (κ1) is 50.4. The van der Waals surface area contributed by atoms with Crippen LogP contribution in [0.25, 0.3) is 11.1 Å². The summed E-state index contributed by atoms with van der Waals surface area (Å²) in [7, 11) is 0. The van der Waals surface area contributed by atoms with Crippen molar-refractivity contribution in [2.24, 2.45) is 5.92 Å². The van der Waals surface area contributed by atoms with Crippen LogP contribution in [0.4, 0.5) is 4.79 Å². The van der Waals surface area contributed by atoms with E-state index in [2.05, 4.69) is 21.3 Å². The highest BCUT2D eigenvalue weighted by atomic mass is 16.6. The normalized spacial score (nSPS) is 14.5. The molecule has 0 fully saturated rings. The van der Waals surface area contributed by atoms with E-state index in [1.807, 2.05) is 48.5 Å². The molecule has 0 aliphatic heterocycles. The maximum atomic E-state index is 14.1. The van der Waals surface area contributed by atoms with Crippen LogP contribution in [0, 0.1) is 5.92 Å². The number of carboxylic acid groups (broad SMARTS) is 1. The number of esters is 3. The quantitative estimate of drug-likeness (QED) is 0.101. The fourth-order valence-corrected chi connectivity index (χ4v) is 6.54. The minimum Gasteiger partial charge on any atom is -0.480 e. The second-order valence-electron chi connectivity index (χ2n) is 18.4. The number of carbonyl (C=O) groups excluding carboxylic acids is 7. The van der Waals surface area contributed by atoms with E-state index in [0.717, 1.165) is 22.3 Å². The van der Waals surface area contributed by atoms with Gasteiger partial charge in [-0.05, 0) is 96.9 Å². The van der Waals surface area contributed by atoms with Gasteiger partial charge in [0.25, 0.3) is 0 Å². The van der Waals surface area contributed by atoms with E-state index in [1.54, 1.807) is 76.2 Å². The van der Waals surface area contributed by atoms with Crippen molar-refractivity contribution in [3.05, 3.63) is 59.7 Å². The topological polar surface area (TPSA) is 242 Å². The van der Waals surface area contributed by atoms with Gasteiger partial charge in [0.15, 0.2) is 0 Å². The van der Waals surface area contributed by atoms with Crippen LogP contribution < -0.4 is 21.3 Å². The zero-order valence-electron chi connectivity index (χ0n) is 37.5. The zero-order chi connectivity index (χ0) is 46.7. The second kappa shape index (κ2) is 21.2. The summed E-state index contributed by atoms with van der Waals surface area (Å²) in [6.45, 7) is 17.6. The summed E-state index contributed by atoms with van der Waals surface area (Å²) in [6.07, 6.45) is -3.18. The molecule has 17 heteroatoms. The van der Waals surface area contributed by atoms with E-state index in [9.17, 15) is 43.5 Å². The molecule has 1 aliphatic carbocycles. The lowest BCUT2D eigenvalue weighted by Gasteiger charge is -2.28. The number of amides is 4. The maximum Gasteiger partial charge on any atom is 0.407 e. The van der Waals surface area contributed by atoms with E-state index >= 15 is 0 Å². The number of hydrogen-bond acceptors (Lipinski definition) is 12. The van der Waals surface area contributed by atoms with Crippen molar-refractivity contribution in [3.8, 4) is 11.1 Å². The Morgan fingerprint density at radius 1 is 0.581 bits per heavy atom. The predicted octanol–water partition coefficient (Wildman–Crippen LogP) is 4.67. The Kier molecular flexibility index (Phi) is 17.2. The zero-order valence-corrected chi connectivity index (χ0v) is 37.5. The van der Waals surface area contributed by atoms with Crippen LogP contribution in [0.5, 0.6) is 0 Å². The molecule has 0 bridgehead atoms. The van der Waals surface area contributed by atoms with Gasteiger partial charge in [-0.25, -0.2) is 9.59 Å². The fourth-order valence-electron chi connectivity index (χ4n) is 6.54. The molecule has 0 aromatic heterocycles. The van der Waals surface area contributed by atoms with Gasteiger partial charge in [0.05, 0.1) is 12.8 Å². The third kappa shape index (κ3) is 16.1. The number of rotatable bonds is 18. The summed E-state index contributed by atoms with van der Waals surface area (Å²) in [5, 5.41) is 19.5. The standard InChI is InChI=1S/C45H62N4O13/c1-25(2)37(40(55)47-33(41(56)57)23-36(52)62-45(9,10)11)49-38(53)31(20-21-34(50)60-43(3,4)5)46-39(54)32(22-35(51)61-44(6,7)8)48-42(58)59-24-30-28-18-14-12-16-26(28)27-17-13-15-19-29(27)30/h12-19,25,30-33,37H,20-24H2,1-11H3,(H,46,54)(H,47,55)(H,48,58)(H,49,53)(H,56,57)/t31-,32+,33+,37-/m0/s1. The molecule has 0 radical (unpaired) electrons. The Hall–Kier alpha value is -6.00. The monoisotopic (exact) mass is 866 g/mol. The van der Waals surface area contributed by atoms with Gasteiger partial charge in [-0.3, -0.25) is 28.8 Å². The third-order valence-electron chi connectivity index (χ3n) is 9.09. The number of benzene rings is 2. The molecule has 4 atom stereocenters. The Morgan fingerprint density at radius 2 is 1.02 bits per heavy atom. The number of hydrogen-bond donors (Lipinski definition) is 5. The van der Waals surface area contributed by atoms with Crippen LogP contribution in [0.3, 0.4) is 0 Å². The number of aliphatic carboxylic acids is 1. The molecule has 5 N–H and O–H groups in total. The number of carbonyl (C=O) groups is 8. The molecule has 2 aromatic rings. The van der Waals surface area contributed by atoms with Gasteiger partial charge in [-0.15, -0.1) is 0 Å².